The largest absolute Gasteiger partial charge is 0.389 e. The van der Waals surface area contributed by atoms with Crippen molar-refractivity contribution in [3.05, 3.63) is 20.8 Å². The van der Waals surface area contributed by atoms with Gasteiger partial charge < -0.3 is 10.4 Å². The molecule has 1 heterocycles. The molecule has 0 aromatic carbocycles. The second kappa shape index (κ2) is 6.32. The van der Waals surface area contributed by atoms with Crippen LogP contribution in [-0.2, 0) is 0 Å². The molecule has 2 nitrogen and oxygen atoms in total. The Morgan fingerprint density at radius 2 is 2.06 bits per heavy atom. The van der Waals surface area contributed by atoms with Gasteiger partial charge in [-0.1, -0.05) is 13.8 Å². The number of hydrogen-bond acceptors (Lipinski definition) is 3. The van der Waals surface area contributed by atoms with Crippen LogP contribution in [0.15, 0.2) is 15.9 Å². The Morgan fingerprint density at radius 3 is 2.53 bits per heavy atom. The van der Waals surface area contributed by atoms with Crippen molar-refractivity contribution in [2.24, 2.45) is 5.92 Å². The van der Waals surface area contributed by atoms with Crippen molar-refractivity contribution in [1.82, 2.24) is 5.32 Å². The molecule has 17 heavy (non-hydrogen) atoms. The highest BCUT2D eigenvalue weighted by Gasteiger charge is 2.22. The van der Waals surface area contributed by atoms with Crippen LogP contribution in [-0.4, -0.2) is 17.3 Å². The summed E-state index contributed by atoms with van der Waals surface area (Å²) in [6, 6.07) is 4.46. The zero-order valence-electron chi connectivity index (χ0n) is 11.0. The molecule has 0 aliphatic heterocycles. The van der Waals surface area contributed by atoms with Crippen molar-refractivity contribution in [2.45, 2.75) is 45.8 Å². The van der Waals surface area contributed by atoms with Gasteiger partial charge in [0.1, 0.15) is 0 Å². The van der Waals surface area contributed by atoms with E-state index in [0.29, 0.717) is 12.5 Å². The smallest absolute Gasteiger partial charge is 0.0746 e. The number of thiophene rings is 1. The second-order valence-corrected chi connectivity index (χ2v) is 7.83. The highest BCUT2D eigenvalue weighted by molar-refractivity contribution is 9.11. The van der Waals surface area contributed by atoms with Gasteiger partial charge in [-0.05, 0) is 54.2 Å². The van der Waals surface area contributed by atoms with E-state index in [0.717, 1.165) is 10.2 Å². The van der Waals surface area contributed by atoms with Gasteiger partial charge in [-0.25, -0.2) is 0 Å². The standard InChI is InChI=1S/C13H22BrNOS/c1-9(2)7-13(4,16)8-15-10(3)11-5-6-12(14)17-11/h5-6,9-10,15-16H,7-8H2,1-4H3. The Balaban J connectivity index is 2.45. The summed E-state index contributed by atoms with van der Waals surface area (Å²) in [5.74, 6) is 0.512. The van der Waals surface area contributed by atoms with E-state index < -0.39 is 5.60 Å². The lowest BCUT2D eigenvalue weighted by Crippen LogP contribution is -2.39. The zero-order chi connectivity index (χ0) is 13.1. The van der Waals surface area contributed by atoms with Crippen LogP contribution >= 0.6 is 27.3 Å². The summed E-state index contributed by atoms with van der Waals surface area (Å²) < 4.78 is 1.15. The maximum Gasteiger partial charge on any atom is 0.0746 e. The summed E-state index contributed by atoms with van der Waals surface area (Å²) in [7, 11) is 0. The van der Waals surface area contributed by atoms with Gasteiger partial charge in [0.15, 0.2) is 0 Å². The first-order valence-corrected chi connectivity index (χ1v) is 7.62. The van der Waals surface area contributed by atoms with Gasteiger partial charge in [0, 0.05) is 17.5 Å². The topological polar surface area (TPSA) is 32.3 Å². The summed E-state index contributed by atoms with van der Waals surface area (Å²) in [4.78, 5) is 1.29. The van der Waals surface area contributed by atoms with Gasteiger partial charge in [-0.15, -0.1) is 11.3 Å². The van der Waals surface area contributed by atoms with E-state index in [4.69, 9.17) is 0 Å². The van der Waals surface area contributed by atoms with E-state index in [1.807, 2.05) is 6.92 Å². The third-order valence-corrected chi connectivity index (χ3v) is 4.46. The van der Waals surface area contributed by atoms with E-state index in [-0.39, 0.29) is 6.04 Å². The molecule has 2 atom stereocenters. The zero-order valence-corrected chi connectivity index (χ0v) is 13.4. The molecule has 1 rings (SSSR count). The van der Waals surface area contributed by atoms with Crippen LogP contribution in [0.2, 0.25) is 0 Å². The second-order valence-electron chi connectivity index (χ2n) is 5.34. The Bertz CT molecular complexity index is 349. The molecule has 2 N–H and O–H groups in total. The van der Waals surface area contributed by atoms with E-state index in [9.17, 15) is 5.11 Å². The predicted molar refractivity (Wildman–Crippen MR) is 78.5 cm³/mol. The molecule has 0 saturated heterocycles. The summed E-state index contributed by atoms with van der Waals surface area (Å²) >= 11 is 5.20. The third kappa shape index (κ3) is 5.51. The number of hydrogen-bond donors (Lipinski definition) is 2. The van der Waals surface area contributed by atoms with Gasteiger partial charge >= 0.3 is 0 Å². The fourth-order valence-electron chi connectivity index (χ4n) is 1.99. The minimum atomic E-state index is -0.628. The van der Waals surface area contributed by atoms with Gasteiger partial charge in [-0.2, -0.15) is 0 Å². The molecule has 0 radical (unpaired) electrons. The van der Waals surface area contributed by atoms with Gasteiger partial charge in [-0.3, -0.25) is 0 Å². The maximum absolute atomic E-state index is 10.2. The van der Waals surface area contributed by atoms with Crippen molar-refractivity contribution in [3.63, 3.8) is 0 Å². The minimum Gasteiger partial charge on any atom is -0.389 e. The monoisotopic (exact) mass is 319 g/mol. The molecule has 1 aromatic heterocycles. The first kappa shape index (κ1) is 15.2. The molecule has 0 amide bonds. The molecule has 0 fully saturated rings. The van der Waals surface area contributed by atoms with Crippen LogP contribution in [0.25, 0.3) is 0 Å². The molecular formula is C13H22BrNOS. The van der Waals surface area contributed by atoms with Gasteiger partial charge in [0.05, 0.1) is 9.39 Å². The molecule has 0 bridgehead atoms. The van der Waals surface area contributed by atoms with Crippen molar-refractivity contribution >= 4 is 27.3 Å². The molecule has 0 saturated carbocycles. The number of nitrogens with one attached hydrogen (secondary N) is 1. The fraction of sp³-hybridized carbons (Fsp3) is 0.692. The average Bonchev–Trinajstić information content (AvgIpc) is 2.59. The van der Waals surface area contributed by atoms with Crippen LogP contribution in [0.3, 0.4) is 0 Å². The van der Waals surface area contributed by atoms with Crippen LogP contribution in [0.1, 0.15) is 45.0 Å². The van der Waals surface area contributed by atoms with Crippen LogP contribution in [0.4, 0.5) is 0 Å². The van der Waals surface area contributed by atoms with Gasteiger partial charge in [0.2, 0.25) is 0 Å². The highest BCUT2D eigenvalue weighted by atomic mass is 79.9. The van der Waals surface area contributed by atoms with Crippen molar-refractivity contribution in [2.75, 3.05) is 6.54 Å². The van der Waals surface area contributed by atoms with E-state index in [1.54, 1.807) is 11.3 Å². The van der Waals surface area contributed by atoms with E-state index in [2.05, 4.69) is 54.2 Å². The predicted octanol–water partition coefficient (Wildman–Crippen LogP) is 3.96. The molecule has 2 unspecified atom stereocenters. The summed E-state index contributed by atoms with van der Waals surface area (Å²) in [5.41, 5.74) is -0.628. The van der Waals surface area contributed by atoms with Crippen LogP contribution in [0, 0.1) is 5.92 Å². The van der Waals surface area contributed by atoms with E-state index in [1.165, 1.54) is 4.88 Å². The highest BCUT2D eigenvalue weighted by Crippen LogP contribution is 2.27. The number of aliphatic hydroxyl groups is 1. The molecule has 0 aliphatic carbocycles. The number of rotatable bonds is 6. The van der Waals surface area contributed by atoms with Crippen LogP contribution in [0.5, 0.6) is 0 Å². The van der Waals surface area contributed by atoms with Crippen molar-refractivity contribution in [1.29, 1.82) is 0 Å². The normalized spacial score (nSPS) is 17.1. The molecule has 98 valence electrons. The lowest BCUT2D eigenvalue weighted by atomic mass is 9.94. The first-order valence-electron chi connectivity index (χ1n) is 6.01. The average molecular weight is 320 g/mol. The van der Waals surface area contributed by atoms with Crippen molar-refractivity contribution < 1.29 is 5.11 Å². The number of halogens is 1. The molecular weight excluding hydrogens is 298 g/mol. The lowest BCUT2D eigenvalue weighted by molar-refractivity contribution is 0.0364. The Labute approximate surface area is 117 Å². The quantitative estimate of drug-likeness (QED) is 0.831. The SMILES string of the molecule is CC(C)CC(C)(O)CNC(C)c1ccc(Br)s1. The Morgan fingerprint density at radius 1 is 1.41 bits per heavy atom. The minimum absolute atomic E-state index is 0.282. The Kier molecular flexibility index (Phi) is 5.64. The molecule has 0 aliphatic rings. The lowest BCUT2D eigenvalue weighted by Gasteiger charge is -2.27. The Hall–Kier alpha value is 0.1000. The summed E-state index contributed by atoms with van der Waals surface area (Å²) in [5, 5.41) is 13.6. The molecule has 4 heteroatoms. The van der Waals surface area contributed by atoms with Crippen molar-refractivity contribution in [3.8, 4) is 0 Å². The fourth-order valence-corrected chi connectivity index (χ4v) is 3.44. The van der Waals surface area contributed by atoms with E-state index >= 15 is 0 Å². The third-order valence-electron chi connectivity index (χ3n) is 2.66. The summed E-state index contributed by atoms with van der Waals surface area (Å²) in [6.07, 6.45) is 0.820. The molecule has 1 aromatic rings. The van der Waals surface area contributed by atoms with Crippen LogP contribution < -0.4 is 5.32 Å². The first-order chi connectivity index (χ1) is 7.80. The summed E-state index contributed by atoms with van der Waals surface area (Å²) in [6.45, 7) is 8.92. The maximum atomic E-state index is 10.2. The molecule has 0 spiro atoms. The van der Waals surface area contributed by atoms with Gasteiger partial charge in [0.25, 0.3) is 0 Å².